The van der Waals surface area contributed by atoms with Crippen molar-refractivity contribution in [1.29, 1.82) is 0 Å². The first-order valence-corrected chi connectivity index (χ1v) is 6.78. The fourth-order valence-electron chi connectivity index (χ4n) is 2.10. The highest BCUT2D eigenvalue weighted by atomic mass is 19.4. The van der Waals surface area contributed by atoms with E-state index < -0.39 is 29.4 Å². The van der Waals surface area contributed by atoms with E-state index in [9.17, 15) is 31.1 Å². The van der Waals surface area contributed by atoms with Gasteiger partial charge >= 0.3 is 18.3 Å². The highest BCUT2D eigenvalue weighted by molar-refractivity contribution is 5.85. The first-order chi connectivity index (χ1) is 11.5. The van der Waals surface area contributed by atoms with E-state index in [2.05, 4.69) is 0 Å². The number of rotatable bonds is 3. The minimum atomic E-state index is -4.69. The maximum absolute atomic E-state index is 13.0. The van der Waals surface area contributed by atoms with Crippen LogP contribution >= 0.6 is 0 Å². The average Bonchev–Trinajstić information content (AvgIpc) is 2.51. The van der Waals surface area contributed by atoms with Crippen LogP contribution in [-0.2, 0) is 17.1 Å². The molecule has 0 aromatic heterocycles. The molecule has 0 aliphatic heterocycles. The first kappa shape index (κ1) is 18.6. The van der Waals surface area contributed by atoms with Gasteiger partial charge in [0.15, 0.2) is 0 Å². The molecule has 0 heterocycles. The minimum absolute atomic E-state index is 0.0218. The van der Waals surface area contributed by atoms with Crippen LogP contribution in [-0.4, -0.2) is 11.1 Å². The van der Waals surface area contributed by atoms with Crippen LogP contribution in [0.1, 0.15) is 16.7 Å². The second-order valence-electron chi connectivity index (χ2n) is 5.09. The molecule has 0 atom stereocenters. The van der Waals surface area contributed by atoms with Crippen molar-refractivity contribution < 1.29 is 36.2 Å². The van der Waals surface area contributed by atoms with Gasteiger partial charge in [0.25, 0.3) is 0 Å². The molecule has 0 fully saturated rings. The van der Waals surface area contributed by atoms with Gasteiger partial charge in [-0.25, -0.2) is 4.79 Å². The predicted molar refractivity (Wildman–Crippen MR) is 78.6 cm³/mol. The third-order valence-corrected chi connectivity index (χ3v) is 3.25. The highest BCUT2D eigenvalue weighted by Gasteiger charge is 2.32. The van der Waals surface area contributed by atoms with Crippen molar-refractivity contribution in [1.82, 2.24) is 0 Å². The number of aliphatic carboxylic acids is 1. The number of carboxylic acid groups (broad SMARTS) is 1. The van der Waals surface area contributed by atoms with Crippen LogP contribution in [0.5, 0.6) is 0 Å². The molecule has 0 spiro atoms. The van der Waals surface area contributed by atoms with Gasteiger partial charge in [-0.15, -0.1) is 0 Å². The molecule has 25 heavy (non-hydrogen) atoms. The summed E-state index contributed by atoms with van der Waals surface area (Å²) in [5, 5.41) is 8.58. The minimum Gasteiger partial charge on any atom is -0.478 e. The molecule has 2 rings (SSSR count). The van der Waals surface area contributed by atoms with Gasteiger partial charge in [0.2, 0.25) is 0 Å². The summed E-state index contributed by atoms with van der Waals surface area (Å²) in [7, 11) is 0. The quantitative estimate of drug-likeness (QED) is 0.581. The van der Waals surface area contributed by atoms with Crippen LogP contribution in [0.3, 0.4) is 0 Å². The van der Waals surface area contributed by atoms with Gasteiger partial charge in [0.05, 0.1) is 11.1 Å². The Morgan fingerprint density at radius 3 is 1.84 bits per heavy atom. The number of carbonyl (C=O) groups is 1. The summed E-state index contributed by atoms with van der Waals surface area (Å²) in [4.78, 5) is 10.5. The SMILES string of the molecule is O=C(O)/C=C/c1cc(-c2ccc(C(F)(F)F)cc2)cc(C(F)(F)F)c1. The predicted octanol–water partition coefficient (Wildman–Crippen LogP) is 5.49. The summed E-state index contributed by atoms with van der Waals surface area (Å²) in [6, 6.07) is 6.46. The summed E-state index contributed by atoms with van der Waals surface area (Å²) in [6.07, 6.45) is -7.59. The number of halogens is 6. The monoisotopic (exact) mass is 360 g/mol. The molecule has 0 saturated heterocycles. The highest BCUT2D eigenvalue weighted by Crippen LogP contribution is 2.35. The van der Waals surface area contributed by atoms with Crippen LogP contribution < -0.4 is 0 Å². The lowest BCUT2D eigenvalue weighted by Crippen LogP contribution is -2.06. The third kappa shape index (κ3) is 4.85. The molecule has 1 N–H and O–H groups in total. The van der Waals surface area contributed by atoms with E-state index in [0.29, 0.717) is 6.08 Å². The van der Waals surface area contributed by atoms with Crippen LogP contribution in [0.2, 0.25) is 0 Å². The number of carboxylic acids is 1. The van der Waals surface area contributed by atoms with E-state index in [1.165, 1.54) is 6.07 Å². The smallest absolute Gasteiger partial charge is 0.416 e. The molecule has 2 aromatic carbocycles. The van der Waals surface area contributed by atoms with Gasteiger partial charge in [0, 0.05) is 6.08 Å². The standard InChI is InChI=1S/C17H10F6O2/c18-16(19,20)13-4-2-11(3-5-13)12-7-10(1-6-15(24)25)8-14(9-12)17(21,22)23/h1-9H,(H,24,25)/b6-1+. The van der Waals surface area contributed by atoms with Crippen LogP contribution in [0.25, 0.3) is 17.2 Å². The Morgan fingerprint density at radius 1 is 0.800 bits per heavy atom. The van der Waals surface area contributed by atoms with Crippen molar-refractivity contribution >= 4 is 12.0 Å². The second kappa shape index (κ2) is 6.62. The maximum Gasteiger partial charge on any atom is 0.416 e. The van der Waals surface area contributed by atoms with Gasteiger partial charge in [0.1, 0.15) is 0 Å². The van der Waals surface area contributed by atoms with E-state index in [-0.39, 0.29) is 16.7 Å². The lowest BCUT2D eigenvalue weighted by atomic mass is 9.98. The fraction of sp³-hybridized carbons (Fsp3) is 0.118. The average molecular weight is 360 g/mol. The number of hydrogen-bond donors (Lipinski definition) is 1. The molecule has 2 nitrogen and oxygen atoms in total. The Labute approximate surface area is 138 Å². The summed E-state index contributed by atoms with van der Waals surface area (Å²) < 4.78 is 76.7. The van der Waals surface area contributed by atoms with Crippen molar-refractivity contribution in [2.24, 2.45) is 0 Å². The van der Waals surface area contributed by atoms with Gasteiger partial charge in [-0.05, 0) is 53.1 Å². The summed E-state index contributed by atoms with van der Waals surface area (Å²) in [6.45, 7) is 0. The van der Waals surface area contributed by atoms with Gasteiger partial charge in [-0.1, -0.05) is 12.1 Å². The van der Waals surface area contributed by atoms with E-state index in [0.717, 1.165) is 42.5 Å². The topological polar surface area (TPSA) is 37.3 Å². The van der Waals surface area contributed by atoms with Crippen LogP contribution in [0, 0.1) is 0 Å². The van der Waals surface area contributed by atoms with E-state index >= 15 is 0 Å². The summed E-state index contributed by atoms with van der Waals surface area (Å²) >= 11 is 0. The van der Waals surface area contributed by atoms with Gasteiger partial charge in [-0.2, -0.15) is 26.3 Å². The molecule has 0 amide bonds. The maximum atomic E-state index is 13.0. The van der Waals surface area contributed by atoms with Crippen molar-refractivity contribution in [3.05, 3.63) is 65.2 Å². The van der Waals surface area contributed by atoms with Gasteiger partial charge in [-0.3, -0.25) is 0 Å². The van der Waals surface area contributed by atoms with Crippen molar-refractivity contribution in [3.63, 3.8) is 0 Å². The molecule has 0 aliphatic carbocycles. The number of hydrogen-bond acceptors (Lipinski definition) is 1. The lowest BCUT2D eigenvalue weighted by molar-refractivity contribution is -0.138. The summed E-state index contributed by atoms with van der Waals surface area (Å²) in [5.41, 5.74) is -1.83. The number of benzene rings is 2. The van der Waals surface area contributed by atoms with E-state index in [1.54, 1.807) is 0 Å². The molecule has 0 aliphatic rings. The zero-order valence-corrected chi connectivity index (χ0v) is 12.3. The molecule has 0 radical (unpaired) electrons. The second-order valence-corrected chi connectivity index (χ2v) is 5.09. The molecule has 8 heteroatoms. The lowest BCUT2D eigenvalue weighted by Gasteiger charge is -2.12. The molecule has 0 unspecified atom stereocenters. The van der Waals surface area contributed by atoms with Crippen LogP contribution in [0.4, 0.5) is 26.3 Å². The Bertz CT molecular complexity index is 801. The van der Waals surface area contributed by atoms with Gasteiger partial charge < -0.3 is 5.11 Å². The Hall–Kier alpha value is -2.77. The van der Waals surface area contributed by atoms with Crippen molar-refractivity contribution in [2.45, 2.75) is 12.4 Å². The summed E-state index contributed by atoms with van der Waals surface area (Å²) in [5.74, 6) is -1.34. The van der Waals surface area contributed by atoms with E-state index in [4.69, 9.17) is 5.11 Å². The van der Waals surface area contributed by atoms with Crippen molar-refractivity contribution in [2.75, 3.05) is 0 Å². The van der Waals surface area contributed by atoms with Crippen molar-refractivity contribution in [3.8, 4) is 11.1 Å². The third-order valence-electron chi connectivity index (χ3n) is 3.25. The molecule has 0 bridgehead atoms. The zero-order valence-electron chi connectivity index (χ0n) is 12.3. The normalized spacial score (nSPS) is 12.6. The molecule has 132 valence electrons. The molecular weight excluding hydrogens is 350 g/mol. The van der Waals surface area contributed by atoms with E-state index in [1.807, 2.05) is 0 Å². The molecular formula is C17H10F6O2. The number of alkyl halides is 6. The molecule has 0 saturated carbocycles. The van der Waals surface area contributed by atoms with Crippen LogP contribution in [0.15, 0.2) is 48.5 Å². The molecule has 2 aromatic rings. The Kier molecular flexibility index (Phi) is 4.92. The Morgan fingerprint density at radius 2 is 1.36 bits per heavy atom. The first-order valence-electron chi connectivity index (χ1n) is 6.78. The zero-order chi connectivity index (χ0) is 18.8. The largest absolute Gasteiger partial charge is 0.478 e. The Balaban J connectivity index is 2.52. The fourth-order valence-corrected chi connectivity index (χ4v) is 2.10.